The maximum Gasteiger partial charge on any atom is 0.254 e. The van der Waals surface area contributed by atoms with Crippen LogP contribution < -0.4 is 10.3 Å². The van der Waals surface area contributed by atoms with Crippen molar-refractivity contribution in [1.82, 2.24) is 9.97 Å². The van der Waals surface area contributed by atoms with Crippen LogP contribution >= 0.6 is 0 Å². The van der Waals surface area contributed by atoms with Gasteiger partial charge in [0.1, 0.15) is 11.6 Å². The van der Waals surface area contributed by atoms with Gasteiger partial charge in [-0.25, -0.2) is 4.98 Å². The highest BCUT2D eigenvalue weighted by molar-refractivity contribution is 5.30. The Balaban J connectivity index is 2.15. The predicted octanol–water partition coefficient (Wildman–Crippen LogP) is 1.41. The molecular formula is C13H14N2O3. The first kappa shape index (κ1) is 12.3. The van der Waals surface area contributed by atoms with Crippen molar-refractivity contribution in [2.45, 2.75) is 13.3 Å². The summed E-state index contributed by atoms with van der Waals surface area (Å²) in [5.41, 5.74) is 0.786. The predicted molar refractivity (Wildman–Crippen MR) is 66.9 cm³/mol. The van der Waals surface area contributed by atoms with Crippen molar-refractivity contribution in [3.8, 4) is 11.6 Å². The lowest BCUT2D eigenvalue weighted by Gasteiger charge is -2.05. The number of benzene rings is 1. The number of hydrogen-bond acceptors (Lipinski definition) is 4. The van der Waals surface area contributed by atoms with Crippen molar-refractivity contribution in [2.75, 3.05) is 6.61 Å². The van der Waals surface area contributed by atoms with Gasteiger partial charge in [-0.1, -0.05) is 12.1 Å². The minimum atomic E-state index is -0.241. The summed E-state index contributed by atoms with van der Waals surface area (Å²) < 4.78 is 5.48. The molecule has 94 valence electrons. The zero-order valence-corrected chi connectivity index (χ0v) is 10.0. The van der Waals surface area contributed by atoms with Gasteiger partial charge in [-0.05, 0) is 31.0 Å². The first-order valence-corrected chi connectivity index (χ1v) is 5.63. The molecule has 0 atom stereocenters. The van der Waals surface area contributed by atoms with Gasteiger partial charge in [-0.2, -0.15) is 0 Å². The fourth-order valence-electron chi connectivity index (χ4n) is 1.58. The van der Waals surface area contributed by atoms with Gasteiger partial charge in [-0.3, -0.25) is 4.79 Å². The van der Waals surface area contributed by atoms with Gasteiger partial charge >= 0.3 is 0 Å². The molecule has 0 amide bonds. The molecule has 0 unspecified atom stereocenters. The lowest BCUT2D eigenvalue weighted by Crippen LogP contribution is -2.08. The Bertz CT molecular complexity index is 576. The minimum absolute atomic E-state index is 0.120. The Morgan fingerprint density at radius 2 is 2.06 bits per heavy atom. The molecular weight excluding hydrogens is 232 g/mol. The Labute approximate surface area is 104 Å². The lowest BCUT2D eigenvalue weighted by atomic mass is 10.1. The van der Waals surface area contributed by atoms with E-state index in [-0.39, 0.29) is 18.0 Å². The van der Waals surface area contributed by atoms with Gasteiger partial charge in [0, 0.05) is 6.61 Å². The summed E-state index contributed by atoms with van der Waals surface area (Å²) >= 11 is 0. The van der Waals surface area contributed by atoms with Crippen LogP contribution in [0.4, 0.5) is 0 Å². The van der Waals surface area contributed by atoms with Crippen LogP contribution in [0.1, 0.15) is 11.4 Å². The average molecular weight is 246 g/mol. The molecule has 1 heterocycles. The van der Waals surface area contributed by atoms with E-state index in [2.05, 4.69) is 9.97 Å². The lowest BCUT2D eigenvalue weighted by molar-refractivity contribution is 0.299. The van der Waals surface area contributed by atoms with E-state index in [9.17, 15) is 4.79 Å². The van der Waals surface area contributed by atoms with Crippen LogP contribution in [0.15, 0.2) is 35.1 Å². The largest absolute Gasteiger partial charge is 0.439 e. The zero-order valence-electron chi connectivity index (χ0n) is 10.0. The third-order valence-corrected chi connectivity index (χ3v) is 2.38. The van der Waals surface area contributed by atoms with Crippen LogP contribution in [0.25, 0.3) is 0 Å². The number of rotatable bonds is 4. The number of nitrogens with zero attached hydrogens (tertiary/aromatic N) is 1. The molecule has 0 bridgehead atoms. The molecule has 0 saturated carbocycles. The Morgan fingerprint density at radius 3 is 2.67 bits per heavy atom. The summed E-state index contributed by atoms with van der Waals surface area (Å²) in [4.78, 5) is 17.9. The standard InChI is InChI=1S/C13H14N2O3/c1-9-14-12(17)8-13(15-9)18-11-4-2-10(3-5-11)6-7-16/h2-5,8,16H,6-7H2,1H3,(H,14,15,17). The van der Waals surface area contributed by atoms with Crippen LogP contribution in [-0.4, -0.2) is 21.7 Å². The third-order valence-electron chi connectivity index (χ3n) is 2.38. The molecule has 0 saturated heterocycles. The van der Waals surface area contributed by atoms with Gasteiger partial charge in [-0.15, -0.1) is 0 Å². The highest BCUT2D eigenvalue weighted by atomic mass is 16.5. The van der Waals surface area contributed by atoms with E-state index in [1.165, 1.54) is 6.07 Å². The van der Waals surface area contributed by atoms with Crippen molar-refractivity contribution in [1.29, 1.82) is 0 Å². The second-order valence-electron chi connectivity index (χ2n) is 3.89. The van der Waals surface area contributed by atoms with Crippen LogP contribution in [0.2, 0.25) is 0 Å². The molecule has 2 aromatic rings. The van der Waals surface area contributed by atoms with E-state index >= 15 is 0 Å². The Hall–Kier alpha value is -2.14. The number of nitrogens with one attached hydrogen (secondary N) is 1. The van der Waals surface area contributed by atoms with E-state index in [1.54, 1.807) is 19.1 Å². The number of aromatic nitrogens is 2. The normalized spacial score (nSPS) is 10.3. The van der Waals surface area contributed by atoms with Crippen molar-refractivity contribution in [2.24, 2.45) is 0 Å². The molecule has 18 heavy (non-hydrogen) atoms. The molecule has 0 radical (unpaired) electrons. The van der Waals surface area contributed by atoms with Crippen LogP contribution in [0, 0.1) is 6.92 Å². The summed E-state index contributed by atoms with van der Waals surface area (Å²) in [5, 5.41) is 8.81. The molecule has 5 nitrogen and oxygen atoms in total. The average Bonchev–Trinajstić information content (AvgIpc) is 2.31. The van der Waals surface area contributed by atoms with E-state index in [1.807, 2.05) is 12.1 Å². The van der Waals surface area contributed by atoms with Crippen LogP contribution in [-0.2, 0) is 6.42 Å². The first-order chi connectivity index (χ1) is 8.67. The topological polar surface area (TPSA) is 75.2 Å². The Kier molecular flexibility index (Phi) is 3.74. The number of aryl methyl sites for hydroxylation is 1. The summed E-state index contributed by atoms with van der Waals surface area (Å²) in [7, 11) is 0. The summed E-state index contributed by atoms with van der Waals surface area (Å²) in [6.45, 7) is 1.81. The molecule has 0 aliphatic heterocycles. The molecule has 5 heteroatoms. The van der Waals surface area contributed by atoms with Gasteiger partial charge < -0.3 is 14.8 Å². The van der Waals surface area contributed by atoms with Crippen molar-refractivity contribution in [3.05, 3.63) is 52.1 Å². The SMILES string of the molecule is Cc1nc(Oc2ccc(CCO)cc2)cc(=O)[nH]1. The molecule has 2 rings (SSSR count). The van der Waals surface area contributed by atoms with Gasteiger partial charge in [0.25, 0.3) is 5.56 Å². The van der Waals surface area contributed by atoms with E-state index < -0.39 is 0 Å². The van der Waals surface area contributed by atoms with Crippen LogP contribution in [0.3, 0.4) is 0 Å². The number of H-pyrrole nitrogens is 1. The highest BCUT2D eigenvalue weighted by Gasteiger charge is 2.01. The fourth-order valence-corrected chi connectivity index (χ4v) is 1.58. The number of aromatic amines is 1. The van der Waals surface area contributed by atoms with E-state index in [4.69, 9.17) is 9.84 Å². The van der Waals surface area contributed by atoms with Gasteiger partial charge in [0.05, 0.1) is 6.07 Å². The summed E-state index contributed by atoms with van der Waals surface area (Å²) in [6, 6.07) is 8.60. The summed E-state index contributed by atoms with van der Waals surface area (Å²) in [5.74, 6) is 1.38. The number of hydrogen-bond donors (Lipinski definition) is 2. The van der Waals surface area contributed by atoms with Crippen molar-refractivity contribution >= 4 is 0 Å². The molecule has 1 aromatic heterocycles. The zero-order chi connectivity index (χ0) is 13.0. The molecule has 1 aromatic carbocycles. The highest BCUT2D eigenvalue weighted by Crippen LogP contribution is 2.18. The van der Waals surface area contributed by atoms with Crippen LogP contribution in [0.5, 0.6) is 11.6 Å². The minimum Gasteiger partial charge on any atom is -0.439 e. The number of ether oxygens (including phenoxy) is 1. The van der Waals surface area contributed by atoms with E-state index in [0.29, 0.717) is 18.0 Å². The Morgan fingerprint density at radius 1 is 1.33 bits per heavy atom. The molecule has 0 fully saturated rings. The van der Waals surface area contributed by atoms with Gasteiger partial charge in [0.15, 0.2) is 0 Å². The number of aliphatic hydroxyl groups excluding tert-OH is 1. The smallest absolute Gasteiger partial charge is 0.254 e. The maximum absolute atomic E-state index is 11.2. The van der Waals surface area contributed by atoms with Crippen molar-refractivity contribution < 1.29 is 9.84 Å². The quantitative estimate of drug-likeness (QED) is 0.855. The summed E-state index contributed by atoms with van der Waals surface area (Å²) in [6.07, 6.45) is 0.614. The second kappa shape index (κ2) is 5.46. The molecule has 2 N–H and O–H groups in total. The number of aliphatic hydroxyl groups is 1. The van der Waals surface area contributed by atoms with Gasteiger partial charge in [0.2, 0.25) is 5.88 Å². The molecule has 0 spiro atoms. The molecule has 0 aliphatic rings. The third kappa shape index (κ3) is 3.18. The second-order valence-corrected chi connectivity index (χ2v) is 3.89. The van der Waals surface area contributed by atoms with Crippen molar-refractivity contribution in [3.63, 3.8) is 0 Å². The maximum atomic E-state index is 11.2. The van der Waals surface area contributed by atoms with E-state index in [0.717, 1.165) is 5.56 Å². The monoisotopic (exact) mass is 246 g/mol. The first-order valence-electron chi connectivity index (χ1n) is 5.63. The molecule has 0 aliphatic carbocycles. The fraction of sp³-hybridized carbons (Fsp3) is 0.231.